The number of thiazole rings is 1. The summed E-state index contributed by atoms with van der Waals surface area (Å²) in [4.78, 5) is 4.72. The molecule has 1 aromatic carbocycles. The fraction of sp³-hybridized carbons (Fsp3) is 0.357. The van der Waals surface area contributed by atoms with Gasteiger partial charge in [-0.15, -0.1) is 11.3 Å². The highest BCUT2D eigenvalue weighted by Crippen LogP contribution is 2.33. The third-order valence-corrected chi connectivity index (χ3v) is 4.82. The van der Waals surface area contributed by atoms with E-state index in [9.17, 15) is 0 Å². The summed E-state index contributed by atoms with van der Waals surface area (Å²) in [6.07, 6.45) is 0. The molecule has 1 heterocycles. The lowest BCUT2D eigenvalue weighted by atomic mass is 10.1. The van der Waals surface area contributed by atoms with Crippen LogP contribution < -0.4 is 5.32 Å². The first kappa shape index (κ1) is 15.0. The molecule has 2 aromatic rings. The summed E-state index contributed by atoms with van der Waals surface area (Å²) in [7, 11) is 1.94. The second-order valence-electron chi connectivity index (χ2n) is 4.65. The van der Waals surface area contributed by atoms with Crippen LogP contribution >= 0.6 is 38.9 Å². The van der Waals surface area contributed by atoms with Crippen LogP contribution in [-0.2, 0) is 0 Å². The van der Waals surface area contributed by atoms with Gasteiger partial charge in [0.05, 0.1) is 11.7 Å². The van der Waals surface area contributed by atoms with Gasteiger partial charge in [0.2, 0.25) is 0 Å². The minimum absolute atomic E-state index is 0.0607. The molecule has 0 radical (unpaired) electrons. The second kappa shape index (κ2) is 6.35. The molecular weight excluding hydrogens is 344 g/mol. The third kappa shape index (κ3) is 3.37. The molecular formula is C14H16BrClN2S. The highest BCUT2D eigenvalue weighted by atomic mass is 79.9. The molecule has 0 bridgehead atoms. The van der Waals surface area contributed by atoms with E-state index < -0.39 is 0 Å². The molecule has 1 atom stereocenters. The zero-order chi connectivity index (χ0) is 14.0. The molecule has 2 rings (SSSR count). The Labute approximate surface area is 131 Å². The van der Waals surface area contributed by atoms with E-state index >= 15 is 0 Å². The Hall–Kier alpha value is -0.420. The van der Waals surface area contributed by atoms with Crippen molar-refractivity contribution in [1.29, 1.82) is 0 Å². The van der Waals surface area contributed by atoms with E-state index in [0.717, 1.165) is 25.8 Å². The van der Waals surface area contributed by atoms with Gasteiger partial charge in [-0.25, -0.2) is 4.98 Å². The summed E-state index contributed by atoms with van der Waals surface area (Å²) < 4.78 is 1.04. The summed E-state index contributed by atoms with van der Waals surface area (Å²) in [5.41, 5.74) is 2.25. The van der Waals surface area contributed by atoms with Gasteiger partial charge >= 0.3 is 0 Å². The van der Waals surface area contributed by atoms with Gasteiger partial charge < -0.3 is 5.32 Å². The smallest absolute Gasteiger partial charge is 0.114 e. The Bertz CT molecular complexity index is 568. The Kier molecular flexibility index (Phi) is 5.01. The van der Waals surface area contributed by atoms with Crippen LogP contribution in [0.15, 0.2) is 28.1 Å². The van der Waals surface area contributed by atoms with Crippen LogP contribution in [0.5, 0.6) is 0 Å². The van der Waals surface area contributed by atoms with E-state index in [1.54, 1.807) is 11.3 Å². The number of nitrogens with zero attached hydrogens (tertiary/aromatic N) is 1. The summed E-state index contributed by atoms with van der Waals surface area (Å²) in [5.74, 6) is 0.449. The molecule has 0 aliphatic rings. The van der Waals surface area contributed by atoms with Gasteiger partial charge in [-0.05, 0) is 36.7 Å². The summed E-state index contributed by atoms with van der Waals surface area (Å²) in [5, 5.41) is 7.24. The molecule has 1 aromatic heterocycles. The molecule has 0 saturated carbocycles. The highest BCUT2D eigenvalue weighted by Gasteiger charge is 2.19. The molecule has 2 nitrogen and oxygen atoms in total. The summed E-state index contributed by atoms with van der Waals surface area (Å²) in [6, 6.07) is 5.89. The van der Waals surface area contributed by atoms with Crippen LogP contribution in [0, 0.1) is 0 Å². The molecule has 19 heavy (non-hydrogen) atoms. The van der Waals surface area contributed by atoms with Crippen LogP contribution in [0.3, 0.4) is 0 Å². The van der Waals surface area contributed by atoms with E-state index in [4.69, 9.17) is 16.6 Å². The first-order valence-corrected chi connectivity index (χ1v) is 8.15. The van der Waals surface area contributed by atoms with Crippen molar-refractivity contribution in [2.45, 2.75) is 25.8 Å². The number of rotatable bonds is 4. The third-order valence-electron chi connectivity index (χ3n) is 2.94. The van der Waals surface area contributed by atoms with Crippen molar-refractivity contribution in [3.8, 4) is 0 Å². The van der Waals surface area contributed by atoms with Gasteiger partial charge in [-0.1, -0.05) is 41.4 Å². The molecule has 1 unspecified atom stereocenters. The van der Waals surface area contributed by atoms with Crippen molar-refractivity contribution in [2.75, 3.05) is 7.05 Å². The van der Waals surface area contributed by atoms with E-state index in [-0.39, 0.29) is 6.04 Å². The molecule has 1 N–H and O–H groups in total. The van der Waals surface area contributed by atoms with Crippen molar-refractivity contribution in [3.63, 3.8) is 0 Å². The monoisotopic (exact) mass is 358 g/mol. The maximum Gasteiger partial charge on any atom is 0.114 e. The molecule has 0 saturated heterocycles. The molecule has 0 spiro atoms. The molecule has 0 aliphatic carbocycles. The zero-order valence-corrected chi connectivity index (χ0v) is 14.2. The van der Waals surface area contributed by atoms with Gasteiger partial charge in [0.25, 0.3) is 0 Å². The van der Waals surface area contributed by atoms with Crippen LogP contribution in [0.4, 0.5) is 0 Å². The van der Waals surface area contributed by atoms with Crippen LogP contribution in [0.2, 0.25) is 5.02 Å². The SMILES string of the molecule is CNC(c1nc(C(C)C)cs1)c1cc(Cl)ccc1Br. The Balaban J connectivity index is 2.40. The first-order valence-electron chi connectivity index (χ1n) is 6.10. The summed E-state index contributed by atoms with van der Waals surface area (Å²) in [6.45, 7) is 4.31. The minimum atomic E-state index is 0.0607. The van der Waals surface area contributed by atoms with Crippen LogP contribution in [0.1, 0.15) is 42.1 Å². The average molecular weight is 360 g/mol. The van der Waals surface area contributed by atoms with Crippen LogP contribution in [-0.4, -0.2) is 12.0 Å². The average Bonchev–Trinajstić information content (AvgIpc) is 2.84. The first-order chi connectivity index (χ1) is 9.02. The largest absolute Gasteiger partial charge is 0.307 e. The zero-order valence-electron chi connectivity index (χ0n) is 11.1. The van der Waals surface area contributed by atoms with E-state index in [2.05, 4.69) is 40.5 Å². The lowest BCUT2D eigenvalue weighted by Crippen LogP contribution is -2.18. The normalized spacial score (nSPS) is 12.9. The second-order valence-corrected chi connectivity index (χ2v) is 6.83. The molecule has 0 fully saturated rings. The Morgan fingerprint density at radius 1 is 1.37 bits per heavy atom. The quantitative estimate of drug-likeness (QED) is 0.831. The maximum atomic E-state index is 6.10. The fourth-order valence-corrected chi connectivity index (χ4v) is 3.61. The fourth-order valence-electron chi connectivity index (χ4n) is 1.85. The number of nitrogens with one attached hydrogen (secondary N) is 1. The van der Waals surface area contributed by atoms with Gasteiger partial charge in [-0.3, -0.25) is 0 Å². The predicted molar refractivity (Wildman–Crippen MR) is 86.3 cm³/mol. The lowest BCUT2D eigenvalue weighted by molar-refractivity contribution is 0.676. The standard InChI is InChI=1S/C14H16BrClN2S/c1-8(2)12-7-19-14(18-12)13(17-3)10-6-9(16)4-5-11(10)15/h4-8,13,17H,1-3H3. The molecule has 0 aliphatic heterocycles. The van der Waals surface area contributed by atoms with Gasteiger partial charge in [0.15, 0.2) is 0 Å². The Morgan fingerprint density at radius 2 is 2.11 bits per heavy atom. The van der Waals surface area contributed by atoms with Crippen molar-refractivity contribution in [3.05, 3.63) is 49.3 Å². The van der Waals surface area contributed by atoms with E-state index in [1.807, 2.05) is 25.2 Å². The summed E-state index contributed by atoms with van der Waals surface area (Å²) >= 11 is 11.4. The molecule has 0 amide bonds. The maximum absolute atomic E-state index is 6.10. The lowest BCUT2D eigenvalue weighted by Gasteiger charge is -2.16. The number of hydrogen-bond donors (Lipinski definition) is 1. The molecule has 5 heteroatoms. The van der Waals surface area contributed by atoms with Crippen molar-refractivity contribution in [2.24, 2.45) is 0 Å². The van der Waals surface area contributed by atoms with Gasteiger partial charge in [-0.2, -0.15) is 0 Å². The predicted octanol–water partition coefficient (Wildman–Crippen LogP) is 4.99. The van der Waals surface area contributed by atoms with Gasteiger partial charge in [0.1, 0.15) is 5.01 Å². The number of hydrogen-bond acceptors (Lipinski definition) is 3. The highest BCUT2D eigenvalue weighted by molar-refractivity contribution is 9.10. The number of halogens is 2. The van der Waals surface area contributed by atoms with E-state index in [1.165, 1.54) is 0 Å². The molecule has 102 valence electrons. The van der Waals surface area contributed by atoms with Crippen LogP contribution in [0.25, 0.3) is 0 Å². The topological polar surface area (TPSA) is 24.9 Å². The van der Waals surface area contributed by atoms with Crippen molar-refractivity contribution < 1.29 is 0 Å². The van der Waals surface area contributed by atoms with Gasteiger partial charge in [0, 0.05) is 14.9 Å². The van der Waals surface area contributed by atoms with E-state index in [0.29, 0.717) is 5.92 Å². The Morgan fingerprint density at radius 3 is 2.68 bits per heavy atom. The number of benzene rings is 1. The minimum Gasteiger partial charge on any atom is -0.307 e. The van der Waals surface area contributed by atoms with Crippen molar-refractivity contribution >= 4 is 38.9 Å². The van der Waals surface area contributed by atoms with Crippen molar-refractivity contribution in [1.82, 2.24) is 10.3 Å². The number of aromatic nitrogens is 1.